The summed E-state index contributed by atoms with van der Waals surface area (Å²) in [6.07, 6.45) is 1.11. The third-order valence-electron chi connectivity index (χ3n) is 4.24. The second-order valence-electron chi connectivity index (χ2n) is 5.43. The molecule has 1 aromatic rings. The van der Waals surface area contributed by atoms with Crippen molar-refractivity contribution in [3.63, 3.8) is 0 Å². The van der Waals surface area contributed by atoms with Crippen LogP contribution in [0.4, 0.5) is 5.69 Å². The van der Waals surface area contributed by atoms with E-state index in [1.807, 2.05) is 0 Å². The molecule has 1 unspecified atom stereocenters. The van der Waals surface area contributed by atoms with Gasteiger partial charge in [0.1, 0.15) is 0 Å². The summed E-state index contributed by atoms with van der Waals surface area (Å²) in [6, 6.07) is 8.82. The number of nitrogens with two attached hydrogens (primary N) is 1. The fourth-order valence-electron chi connectivity index (χ4n) is 2.83. The summed E-state index contributed by atoms with van der Waals surface area (Å²) in [6.45, 7) is 4.56. The van der Waals surface area contributed by atoms with E-state index in [4.69, 9.17) is 10.5 Å². The van der Waals surface area contributed by atoms with Crippen molar-refractivity contribution in [2.75, 3.05) is 38.8 Å². The molecule has 0 amide bonds. The molecule has 3 heteroatoms. The molecule has 1 aliphatic rings. The van der Waals surface area contributed by atoms with E-state index in [-0.39, 0.29) is 5.41 Å². The van der Waals surface area contributed by atoms with Gasteiger partial charge in [-0.3, -0.25) is 0 Å². The first-order valence-corrected chi connectivity index (χ1v) is 6.69. The number of benzene rings is 1. The molecule has 1 saturated heterocycles. The smallest absolute Gasteiger partial charge is 0.0588 e. The van der Waals surface area contributed by atoms with E-state index in [0.717, 1.165) is 26.2 Å². The lowest BCUT2D eigenvalue weighted by Crippen LogP contribution is -2.54. The lowest BCUT2D eigenvalue weighted by molar-refractivity contribution is -0.0897. The molecule has 1 atom stereocenters. The Morgan fingerprint density at radius 1 is 1.28 bits per heavy atom. The fraction of sp³-hybridized carbons (Fsp3) is 0.600. The molecular formula is C15H24N2O. The largest absolute Gasteiger partial charge is 0.379 e. The Labute approximate surface area is 110 Å². The van der Waals surface area contributed by atoms with Crippen LogP contribution in [0.5, 0.6) is 0 Å². The van der Waals surface area contributed by atoms with Gasteiger partial charge in [-0.2, -0.15) is 0 Å². The van der Waals surface area contributed by atoms with Crippen molar-refractivity contribution in [1.29, 1.82) is 0 Å². The standard InChI is InChI=1S/C15H24N2O/c1-4-12(9-16)15(10-18-11-15)13-5-7-14(8-6-13)17(2)3/h5-8,12H,4,9-11,16H2,1-3H3. The molecule has 0 saturated carbocycles. The first-order chi connectivity index (χ1) is 8.64. The Balaban J connectivity index is 2.27. The van der Waals surface area contributed by atoms with Crippen molar-refractivity contribution < 1.29 is 4.74 Å². The van der Waals surface area contributed by atoms with Crippen LogP contribution in [0.3, 0.4) is 0 Å². The van der Waals surface area contributed by atoms with Gasteiger partial charge in [-0.05, 0) is 30.2 Å². The molecule has 0 spiro atoms. The maximum Gasteiger partial charge on any atom is 0.0588 e. The molecule has 1 aliphatic heterocycles. The van der Waals surface area contributed by atoms with Crippen LogP contribution in [0.15, 0.2) is 24.3 Å². The van der Waals surface area contributed by atoms with E-state index in [1.165, 1.54) is 11.3 Å². The molecule has 100 valence electrons. The molecule has 0 aliphatic carbocycles. The van der Waals surface area contributed by atoms with E-state index >= 15 is 0 Å². The number of rotatable bonds is 5. The van der Waals surface area contributed by atoms with Crippen molar-refractivity contribution in [2.24, 2.45) is 11.7 Å². The van der Waals surface area contributed by atoms with Crippen LogP contribution in [0.25, 0.3) is 0 Å². The molecule has 0 bridgehead atoms. The van der Waals surface area contributed by atoms with Crippen molar-refractivity contribution in [1.82, 2.24) is 0 Å². The highest BCUT2D eigenvalue weighted by Gasteiger charge is 2.45. The van der Waals surface area contributed by atoms with E-state index in [1.54, 1.807) is 0 Å². The first-order valence-electron chi connectivity index (χ1n) is 6.69. The summed E-state index contributed by atoms with van der Waals surface area (Å²) in [5.74, 6) is 0.511. The molecule has 0 aromatic heterocycles. The van der Waals surface area contributed by atoms with Crippen molar-refractivity contribution in [2.45, 2.75) is 18.8 Å². The van der Waals surface area contributed by atoms with Crippen LogP contribution in [0.2, 0.25) is 0 Å². The molecule has 1 fully saturated rings. The number of hydrogen-bond donors (Lipinski definition) is 1. The highest BCUT2D eigenvalue weighted by Crippen LogP contribution is 2.41. The Kier molecular flexibility index (Phi) is 3.93. The molecular weight excluding hydrogens is 224 g/mol. The molecule has 2 N–H and O–H groups in total. The summed E-state index contributed by atoms with van der Waals surface area (Å²) in [7, 11) is 4.12. The zero-order chi connectivity index (χ0) is 13.2. The van der Waals surface area contributed by atoms with Crippen LogP contribution in [0, 0.1) is 5.92 Å². The average molecular weight is 248 g/mol. The van der Waals surface area contributed by atoms with Gasteiger partial charge in [0.05, 0.1) is 13.2 Å². The first kappa shape index (κ1) is 13.4. The van der Waals surface area contributed by atoms with E-state index in [9.17, 15) is 0 Å². The number of ether oxygens (including phenoxy) is 1. The third kappa shape index (κ3) is 2.13. The number of nitrogens with zero attached hydrogens (tertiary/aromatic N) is 1. The topological polar surface area (TPSA) is 38.5 Å². The predicted octanol–water partition coefficient (Wildman–Crippen LogP) is 2.01. The minimum atomic E-state index is 0.147. The molecule has 1 heterocycles. The Morgan fingerprint density at radius 3 is 2.22 bits per heavy atom. The molecule has 3 nitrogen and oxygen atoms in total. The Morgan fingerprint density at radius 2 is 1.89 bits per heavy atom. The maximum atomic E-state index is 5.93. The summed E-state index contributed by atoms with van der Waals surface area (Å²) < 4.78 is 5.49. The molecule has 1 aromatic carbocycles. The molecule has 18 heavy (non-hydrogen) atoms. The van der Waals surface area contributed by atoms with Gasteiger partial charge in [0.15, 0.2) is 0 Å². The monoisotopic (exact) mass is 248 g/mol. The van der Waals surface area contributed by atoms with Crippen molar-refractivity contribution in [3.8, 4) is 0 Å². The van der Waals surface area contributed by atoms with E-state index in [0.29, 0.717) is 5.92 Å². The summed E-state index contributed by atoms with van der Waals surface area (Å²) in [5, 5.41) is 0. The van der Waals surface area contributed by atoms with Crippen LogP contribution < -0.4 is 10.6 Å². The fourth-order valence-corrected chi connectivity index (χ4v) is 2.83. The Hall–Kier alpha value is -1.06. The van der Waals surface area contributed by atoms with E-state index in [2.05, 4.69) is 50.2 Å². The summed E-state index contributed by atoms with van der Waals surface area (Å²) in [4.78, 5) is 2.12. The van der Waals surface area contributed by atoms with E-state index < -0.39 is 0 Å². The van der Waals surface area contributed by atoms with Crippen LogP contribution in [0.1, 0.15) is 18.9 Å². The van der Waals surface area contributed by atoms with Crippen LogP contribution in [-0.2, 0) is 10.2 Å². The third-order valence-corrected chi connectivity index (χ3v) is 4.24. The second-order valence-corrected chi connectivity index (χ2v) is 5.43. The second kappa shape index (κ2) is 5.29. The van der Waals surface area contributed by atoms with Gasteiger partial charge in [0.2, 0.25) is 0 Å². The zero-order valence-electron chi connectivity index (χ0n) is 11.6. The van der Waals surface area contributed by atoms with Crippen molar-refractivity contribution >= 4 is 5.69 Å². The predicted molar refractivity (Wildman–Crippen MR) is 76.1 cm³/mol. The minimum Gasteiger partial charge on any atom is -0.379 e. The van der Waals surface area contributed by atoms with Gasteiger partial charge in [-0.25, -0.2) is 0 Å². The van der Waals surface area contributed by atoms with Gasteiger partial charge < -0.3 is 15.4 Å². The van der Waals surface area contributed by atoms with Crippen LogP contribution >= 0.6 is 0 Å². The van der Waals surface area contributed by atoms with Gasteiger partial charge in [0, 0.05) is 25.2 Å². The molecule has 0 radical (unpaired) electrons. The van der Waals surface area contributed by atoms with Crippen LogP contribution in [-0.4, -0.2) is 33.9 Å². The maximum absolute atomic E-state index is 5.93. The lowest BCUT2D eigenvalue weighted by atomic mass is 9.67. The summed E-state index contributed by atoms with van der Waals surface area (Å²) in [5.41, 5.74) is 8.68. The number of hydrogen-bond acceptors (Lipinski definition) is 3. The Bertz CT molecular complexity index is 378. The van der Waals surface area contributed by atoms with Crippen molar-refractivity contribution in [3.05, 3.63) is 29.8 Å². The zero-order valence-corrected chi connectivity index (χ0v) is 11.6. The van der Waals surface area contributed by atoms with Gasteiger partial charge in [-0.1, -0.05) is 25.5 Å². The van der Waals surface area contributed by atoms with Gasteiger partial charge in [0.25, 0.3) is 0 Å². The minimum absolute atomic E-state index is 0.147. The SMILES string of the molecule is CCC(CN)C1(c2ccc(N(C)C)cc2)COC1. The highest BCUT2D eigenvalue weighted by atomic mass is 16.5. The lowest BCUT2D eigenvalue weighted by Gasteiger charge is -2.47. The molecule has 2 rings (SSSR count). The highest BCUT2D eigenvalue weighted by molar-refractivity contribution is 5.48. The normalized spacial score (nSPS) is 19.1. The summed E-state index contributed by atoms with van der Waals surface area (Å²) >= 11 is 0. The van der Waals surface area contributed by atoms with Gasteiger partial charge in [-0.15, -0.1) is 0 Å². The average Bonchev–Trinajstić information content (AvgIpc) is 2.33. The van der Waals surface area contributed by atoms with Gasteiger partial charge >= 0.3 is 0 Å². The number of anilines is 1. The quantitative estimate of drug-likeness (QED) is 0.866.